The molecule has 1 saturated carbocycles. The molecule has 3 aromatic rings. The summed E-state index contributed by atoms with van der Waals surface area (Å²) in [5.41, 5.74) is 2.99. The Hall–Kier alpha value is -4.28. The third-order valence-electron chi connectivity index (χ3n) is 10.9. The molecule has 2 aliphatic carbocycles. The summed E-state index contributed by atoms with van der Waals surface area (Å²) in [4.78, 5) is 31.7. The maximum Gasteiger partial charge on any atom is 0.303 e. The van der Waals surface area contributed by atoms with E-state index in [1.165, 1.54) is 18.1 Å². The fourth-order valence-corrected chi connectivity index (χ4v) is 9.18. The van der Waals surface area contributed by atoms with Crippen molar-refractivity contribution in [1.29, 1.82) is 0 Å². The molecule has 3 aromatic carbocycles. The van der Waals surface area contributed by atoms with Crippen LogP contribution in [0, 0.1) is 17.8 Å². The van der Waals surface area contributed by atoms with Crippen LogP contribution in [0.5, 0.6) is 11.5 Å². The molecule has 0 unspecified atom stereocenters. The van der Waals surface area contributed by atoms with E-state index in [9.17, 15) is 9.59 Å². The minimum absolute atomic E-state index is 0.0186. The van der Waals surface area contributed by atoms with E-state index in [0.29, 0.717) is 25.1 Å². The van der Waals surface area contributed by atoms with Crippen molar-refractivity contribution in [3.63, 3.8) is 0 Å². The van der Waals surface area contributed by atoms with E-state index in [-0.39, 0.29) is 29.9 Å². The van der Waals surface area contributed by atoms with Crippen LogP contribution in [0.4, 0.5) is 0 Å². The molecule has 7 rings (SSSR count). The van der Waals surface area contributed by atoms with Crippen molar-refractivity contribution < 1.29 is 23.8 Å². The van der Waals surface area contributed by atoms with Crippen molar-refractivity contribution in [3.8, 4) is 23.3 Å². The molecule has 2 bridgehead atoms. The average Bonchev–Trinajstić information content (AvgIpc) is 3.42. The number of hydrogen-bond donors (Lipinski definition) is 0. The zero-order chi connectivity index (χ0) is 32.8. The van der Waals surface area contributed by atoms with E-state index in [4.69, 9.17) is 14.2 Å². The van der Waals surface area contributed by atoms with Crippen LogP contribution in [-0.4, -0.2) is 72.2 Å². The lowest BCUT2D eigenvalue weighted by atomic mass is 9.48. The molecule has 0 radical (unpaired) electrons. The van der Waals surface area contributed by atoms with Gasteiger partial charge in [0.1, 0.15) is 11.7 Å². The molecule has 5 atom stereocenters. The van der Waals surface area contributed by atoms with Crippen LogP contribution >= 0.6 is 0 Å². The van der Waals surface area contributed by atoms with Gasteiger partial charge in [-0.1, -0.05) is 74.4 Å². The molecule has 244 valence electrons. The minimum atomic E-state index is -0.804. The summed E-state index contributed by atoms with van der Waals surface area (Å²) in [6.45, 7) is 8.05. The summed E-state index contributed by atoms with van der Waals surface area (Å²) in [6, 6.07) is 24.1. The Morgan fingerprint density at radius 2 is 1.79 bits per heavy atom. The van der Waals surface area contributed by atoms with Gasteiger partial charge in [0.15, 0.2) is 11.5 Å². The SMILES string of the molecule is COc1ccc2c3c1O[C@H]1[C@@H](N(CC(C)C)C(=O)C#Cc4ccccc4)CC[C@@]4(OC(C)=O)[C@@H](C2)N(CCc2ccccc2)CC[C@]314. The van der Waals surface area contributed by atoms with Gasteiger partial charge >= 0.3 is 5.97 Å². The maximum absolute atomic E-state index is 14.1. The van der Waals surface area contributed by atoms with E-state index < -0.39 is 17.1 Å². The van der Waals surface area contributed by atoms with Gasteiger partial charge in [-0.2, -0.15) is 0 Å². The molecule has 4 aliphatic rings. The predicted octanol–water partition coefficient (Wildman–Crippen LogP) is 5.57. The second kappa shape index (κ2) is 12.4. The second-order valence-electron chi connectivity index (χ2n) is 13.9. The van der Waals surface area contributed by atoms with Crippen molar-refractivity contribution in [3.05, 3.63) is 95.1 Å². The van der Waals surface area contributed by atoms with Gasteiger partial charge in [0.25, 0.3) is 5.91 Å². The van der Waals surface area contributed by atoms with Crippen molar-refractivity contribution >= 4 is 11.9 Å². The zero-order valence-electron chi connectivity index (χ0n) is 27.8. The lowest BCUT2D eigenvalue weighted by molar-refractivity contribution is -0.224. The van der Waals surface area contributed by atoms with Gasteiger partial charge in [0, 0.05) is 37.1 Å². The first-order valence-corrected chi connectivity index (χ1v) is 17.0. The number of rotatable bonds is 8. The summed E-state index contributed by atoms with van der Waals surface area (Å²) < 4.78 is 19.7. The minimum Gasteiger partial charge on any atom is -0.493 e. The number of esters is 1. The van der Waals surface area contributed by atoms with Crippen LogP contribution in [-0.2, 0) is 32.6 Å². The second-order valence-corrected chi connectivity index (χ2v) is 13.9. The Kier molecular flexibility index (Phi) is 8.26. The summed E-state index contributed by atoms with van der Waals surface area (Å²) in [5, 5.41) is 0. The van der Waals surface area contributed by atoms with E-state index in [0.717, 1.165) is 49.2 Å². The number of ether oxygens (including phenoxy) is 3. The van der Waals surface area contributed by atoms with Gasteiger partial charge in [-0.25, -0.2) is 0 Å². The average molecular weight is 633 g/mol. The van der Waals surface area contributed by atoms with E-state index >= 15 is 0 Å². The standard InChI is InChI=1S/C40H44N2O5/c1-27(2)26-42(35(44)18-15-29-11-7-5-8-12-29)32-19-21-40(47-28(3)43)34-25-31-16-17-33(45-4)37-36(31)39(40,38(32)46-37)22-24-41(34)23-20-30-13-9-6-10-14-30/h5-14,16-17,27,32,34,38H,19-26H2,1-4H3/t32-,34+,38-,39-,40+/m0/s1. The van der Waals surface area contributed by atoms with Crippen LogP contribution < -0.4 is 9.47 Å². The van der Waals surface area contributed by atoms with Crippen LogP contribution in [0.15, 0.2) is 72.8 Å². The van der Waals surface area contributed by atoms with Crippen LogP contribution in [0.2, 0.25) is 0 Å². The fourth-order valence-electron chi connectivity index (χ4n) is 9.18. The molecule has 1 spiro atoms. The maximum atomic E-state index is 14.1. The van der Waals surface area contributed by atoms with Gasteiger partial charge in [0.05, 0.1) is 24.6 Å². The summed E-state index contributed by atoms with van der Waals surface area (Å²) in [5.74, 6) is 7.21. The smallest absolute Gasteiger partial charge is 0.303 e. The summed E-state index contributed by atoms with van der Waals surface area (Å²) in [6.07, 6.45) is 3.28. The summed E-state index contributed by atoms with van der Waals surface area (Å²) in [7, 11) is 1.67. The zero-order valence-corrected chi connectivity index (χ0v) is 27.8. The monoisotopic (exact) mass is 632 g/mol. The van der Waals surface area contributed by atoms with Gasteiger partial charge in [-0.3, -0.25) is 14.5 Å². The molecular weight excluding hydrogens is 588 g/mol. The highest BCUT2D eigenvalue weighted by Gasteiger charge is 2.75. The van der Waals surface area contributed by atoms with Gasteiger partial charge < -0.3 is 19.1 Å². The quantitative estimate of drug-likeness (QED) is 0.239. The van der Waals surface area contributed by atoms with Crippen molar-refractivity contribution in [1.82, 2.24) is 9.80 Å². The van der Waals surface area contributed by atoms with E-state index in [1.807, 2.05) is 47.4 Å². The molecule has 1 saturated heterocycles. The molecule has 7 nitrogen and oxygen atoms in total. The first-order valence-electron chi connectivity index (χ1n) is 17.0. The Labute approximate surface area is 278 Å². The van der Waals surface area contributed by atoms with Crippen molar-refractivity contribution in [2.45, 2.75) is 82.1 Å². The van der Waals surface area contributed by atoms with E-state index in [2.05, 4.69) is 60.9 Å². The first-order chi connectivity index (χ1) is 22.8. The molecule has 0 aromatic heterocycles. The van der Waals surface area contributed by atoms with Crippen LogP contribution in [0.1, 0.15) is 62.3 Å². The van der Waals surface area contributed by atoms with Gasteiger partial charge in [-0.15, -0.1) is 0 Å². The molecule has 2 fully saturated rings. The summed E-state index contributed by atoms with van der Waals surface area (Å²) >= 11 is 0. The third-order valence-corrected chi connectivity index (χ3v) is 10.9. The highest BCUT2D eigenvalue weighted by atomic mass is 16.6. The van der Waals surface area contributed by atoms with Crippen LogP contribution in [0.3, 0.4) is 0 Å². The molecular formula is C40H44N2O5. The number of carbonyl (C=O) groups excluding carboxylic acids is 2. The number of methoxy groups -OCH3 is 1. The highest BCUT2D eigenvalue weighted by molar-refractivity contribution is 5.94. The number of likely N-dealkylation sites (tertiary alicyclic amines) is 1. The molecule has 1 amide bonds. The Balaban J connectivity index is 1.33. The third kappa shape index (κ3) is 5.18. The Morgan fingerprint density at radius 3 is 2.49 bits per heavy atom. The van der Waals surface area contributed by atoms with Crippen LogP contribution in [0.25, 0.3) is 0 Å². The van der Waals surface area contributed by atoms with Gasteiger partial charge in [0.2, 0.25) is 0 Å². The number of carbonyl (C=O) groups is 2. The van der Waals surface area contributed by atoms with E-state index in [1.54, 1.807) is 7.11 Å². The number of piperidine rings is 1. The molecule has 2 heterocycles. The topological polar surface area (TPSA) is 68.3 Å². The lowest BCUT2D eigenvalue weighted by Crippen LogP contribution is -2.79. The number of hydrogen-bond acceptors (Lipinski definition) is 6. The lowest BCUT2D eigenvalue weighted by Gasteiger charge is -2.65. The number of benzene rings is 3. The number of nitrogens with zero attached hydrogens (tertiary/aromatic N) is 2. The molecule has 7 heteroatoms. The molecule has 2 aliphatic heterocycles. The number of amides is 1. The fraction of sp³-hybridized carbons (Fsp3) is 0.450. The Morgan fingerprint density at radius 1 is 1.04 bits per heavy atom. The van der Waals surface area contributed by atoms with Crippen molar-refractivity contribution in [2.75, 3.05) is 26.7 Å². The Bertz CT molecular complexity index is 1710. The largest absolute Gasteiger partial charge is 0.493 e. The predicted molar refractivity (Wildman–Crippen MR) is 180 cm³/mol. The molecule has 0 N–H and O–H groups in total. The van der Waals surface area contributed by atoms with Gasteiger partial charge in [-0.05, 0) is 73.9 Å². The van der Waals surface area contributed by atoms with Crippen molar-refractivity contribution in [2.24, 2.45) is 5.92 Å². The highest BCUT2D eigenvalue weighted by Crippen LogP contribution is 2.67. The normalized spacial score (nSPS) is 26.8. The first kappa shape index (κ1) is 31.3. The molecule has 47 heavy (non-hydrogen) atoms.